The van der Waals surface area contributed by atoms with Gasteiger partial charge >= 0.3 is 0 Å². The van der Waals surface area contributed by atoms with Crippen molar-refractivity contribution in [1.82, 2.24) is 24.8 Å². The Hall–Kier alpha value is -4.46. The van der Waals surface area contributed by atoms with Crippen LogP contribution in [0.3, 0.4) is 0 Å². The summed E-state index contributed by atoms with van der Waals surface area (Å²) in [6.07, 6.45) is 0.606. The summed E-state index contributed by atoms with van der Waals surface area (Å²) in [4.78, 5) is 26.4. The van der Waals surface area contributed by atoms with Crippen molar-refractivity contribution in [2.75, 3.05) is 39.3 Å². The topological polar surface area (TPSA) is 162 Å². The Labute approximate surface area is 242 Å². The third kappa shape index (κ3) is 5.93. The van der Waals surface area contributed by atoms with Gasteiger partial charge in [-0.3, -0.25) is 9.36 Å². The molecule has 0 unspecified atom stereocenters. The molecule has 5 rings (SSSR count). The number of methoxy groups -OCH3 is 2. The lowest BCUT2D eigenvalue weighted by molar-refractivity contribution is -0.0440. The molecule has 0 radical (unpaired) electrons. The Morgan fingerprint density at radius 2 is 1.93 bits per heavy atom. The fourth-order valence-corrected chi connectivity index (χ4v) is 4.95. The zero-order chi connectivity index (χ0) is 29.6. The lowest BCUT2D eigenvalue weighted by Crippen LogP contribution is -2.46. The van der Waals surface area contributed by atoms with Gasteiger partial charge in [0.2, 0.25) is 0 Å². The number of nitrogens with zero attached hydrogens (tertiary/aromatic N) is 4. The van der Waals surface area contributed by atoms with E-state index in [9.17, 15) is 15.0 Å². The van der Waals surface area contributed by atoms with Gasteiger partial charge in [0.1, 0.15) is 30.3 Å². The number of benzene rings is 2. The molecule has 1 fully saturated rings. The predicted molar refractivity (Wildman–Crippen MR) is 153 cm³/mol. The highest BCUT2D eigenvalue weighted by atomic mass is 16.5. The number of anilines is 1. The molecule has 13 nitrogen and oxygen atoms in total. The Balaban J connectivity index is 1.34. The summed E-state index contributed by atoms with van der Waals surface area (Å²) < 4.78 is 23.8. The van der Waals surface area contributed by atoms with Gasteiger partial charge in [-0.2, -0.15) is 0 Å². The number of aliphatic hydroxyl groups excluding tert-OH is 2. The molecule has 1 aliphatic rings. The van der Waals surface area contributed by atoms with Gasteiger partial charge in [0.25, 0.3) is 5.91 Å². The molecule has 1 saturated heterocycles. The van der Waals surface area contributed by atoms with Crippen LogP contribution in [0.2, 0.25) is 0 Å². The van der Waals surface area contributed by atoms with Crippen LogP contribution < -0.4 is 24.8 Å². The average molecular weight is 579 g/mol. The third-order valence-electron chi connectivity index (χ3n) is 7.04. The van der Waals surface area contributed by atoms with Gasteiger partial charge in [0.05, 0.1) is 33.8 Å². The van der Waals surface area contributed by atoms with E-state index >= 15 is 0 Å². The lowest BCUT2D eigenvalue weighted by atomic mass is 10.1. The summed E-state index contributed by atoms with van der Waals surface area (Å²) in [7, 11) is 3.19. The van der Waals surface area contributed by atoms with E-state index in [0.717, 1.165) is 5.56 Å². The van der Waals surface area contributed by atoms with Crippen LogP contribution in [-0.2, 0) is 11.2 Å². The minimum atomic E-state index is -1.18. The van der Waals surface area contributed by atoms with Crippen molar-refractivity contribution in [2.24, 2.45) is 0 Å². The molecule has 0 bridgehead atoms. The number of aromatic nitrogens is 4. The van der Waals surface area contributed by atoms with E-state index in [-0.39, 0.29) is 0 Å². The van der Waals surface area contributed by atoms with Crippen molar-refractivity contribution >= 4 is 22.9 Å². The van der Waals surface area contributed by atoms with Gasteiger partial charge in [-0.25, -0.2) is 15.0 Å². The van der Waals surface area contributed by atoms with E-state index in [1.165, 1.54) is 12.7 Å². The minimum absolute atomic E-state index is 0.359. The molecule has 2 aromatic carbocycles. The lowest BCUT2D eigenvalue weighted by Gasteiger charge is -2.23. The monoisotopic (exact) mass is 578 g/mol. The number of carbonyl (C=O) groups is 1. The van der Waals surface area contributed by atoms with Gasteiger partial charge in [0, 0.05) is 12.1 Å². The van der Waals surface area contributed by atoms with Crippen molar-refractivity contribution in [3.63, 3.8) is 0 Å². The molecule has 0 spiro atoms. The zero-order valence-corrected chi connectivity index (χ0v) is 23.6. The summed E-state index contributed by atoms with van der Waals surface area (Å²) in [6.45, 7) is 2.44. The van der Waals surface area contributed by atoms with Crippen LogP contribution in [-0.4, -0.2) is 87.9 Å². The van der Waals surface area contributed by atoms with Gasteiger partial charge in [-0.05, 0) is 49.2 Å². The Morgan fingerprint density at radius 3 is 2.69 bits per heavy atom. The van der Waals surface area contributed by atoms with Crippen LogP contribution in [0.4, 0.5) is 5.82 Å². The summed E-state index contributed by atoms with van der Waals surface area (Å²) in [5.41, 5.74) is 2.33. The maximum atomic E-state index is 13.2. The number of amides is 1. The Bertz CT molecular complexity index is 1530. The number of imidazole rings is 1. The first-order chi connectivity index (χ1) is 20.5. The molecule has 0 saturated carbocycles. The van der Waals surface area contributed by atoms with E-state index in [2.05, 4.69) is 25.6 Å². The van der Waals surface area contributed by atoms with Crippen molar-refractivity contribution < 1.29 is 34.0 Å². The molecule has 4 atom stereocenters. The maximum absolute atomic E-state index is 13.2. The largest absolute Gasteiger partial charge is 0.494 e. The van der Waals surface area contributed by atoms with Crippen LogP contribution >= 0.6 is 0 Å². The van der Waals surface area contributed by atoms with Gasteiger partial charge < -0.3 is 39.8 Å². The van der Waals surface area contributed by atoms with E-state index in [0.29, 0.717) is 59.4 Å². The van der Waals surface area contributed by atoms with Crippen LogP contribution in [0.25, 0.3) is 11.2 Å². The number of hydrogen-bond donors (Lipinski definition) is 4. The molecule has 0 aliphatic carbocycles. The van der Waals surface area contributed by atoms with Gasteiger partial charge in [0.15, 0.2) is 34.7 Å². The first-order valence-electron chi connectivity index (χ1n) is 13.6. The van der Waals surface area contributed by atoms with E-state index < -0.39 is 37.0 Å². The first-order valence-corrected chi connectivity index (χ1v) is 13.6. The number of ether oxygens (including phenoxy) is 4. The van der Waals surface area contributed by atoms with E-state index in [1.54, 1.807) is 43.1 Å². The second-order valence-electron chi connectivity index (χ2n) is 9.61. The van der Waals surface area contributed by atoms with Crippen LogP contribution in [0, 0.1) is 0 Å². The first kappa shape index (κ1) is 29.0. The molecule has 3 heterocycles. The quantitative estimate of drug-likeness (QED) is 0.194. The van der Waals surface area contributed by atoms with Gasteiger partial charge in [-0.1, -0.05) is 12.1 Å². The zero-order valence-electron chi connectivity index (χ0n) is 23.6. The van der Waals surface area contributed by atoms with Crippen LogP contribution in [0.1, 0.15) is 29.1 Å². The summed E-state index contributed by atoms with van der Waals surface area (Å²) >= 11 is 0. The third-order valence-corrected chi connectivity index (χ3v) is 7.04. The fraction of sp³-hybridized carbons (Fsp3) is 0.379. The van der Waals surface area contributed by atoms with Crippen LogP contribution in [0.5, 0.6) is 17.2 Å². The number of carbonyl (C=O) groups excluding carboxylic acids is 1. The van der Waals surface area contributed by atoms with Crippen molar-refractivity contribution in [1.29, 1.82) is 0 Å². The highest BCUT2D eigenvalue weighted by Gasteiger charge is 2.46. The summed E-state index contributed by atoms with van der Waals surface area (Å²) in [5, 5.41) is 27.0. The molecule has 4 N–H and O–H groups in total. The highest BCUT2D eigenvalue weighted by Crippen LogP contribution is 2.33. The number of nitrogens with one attached hydrogen (secondary N) is 2. The molecule has 222 valence electrons. The molecule has 1 aliphatic heterocycles. The van der Waals surface area contributed by atoms with Crippen molar-refractivity contribution in [3.05, 3.63) is 66.2 Å². The molecule has 1 amide bonds. The van der Waals surface area contributed by atoms with Crippen molar-refractivity contribution in [2.45, 2.75) is 37.8 Å². The predicted octanol–water partition coefficient (Wildman–Crippen LogP) is 1.95. The number of hydrogen-bond acceptors (Lipinski definition) is 11. The normalized spacial score (nSPS) is 19.9. The molecule has 13 heteroatoms. The molecular weight excluding hydrogens is 544 g/mol. The van der Waals surface area contributed by atoms with Gasteiger partial charge in [-0.15, -0.1) is 0 Å². The summed E-state index contributed by atoms with van der Waals surface area (Å²) in [5.74, 6) is 1.96. The molecule has 2 aromatic heterocycles. The van der Waals surface area contributed by atoms with Crippen molar-refractivity contribution in [3.8, 4) is 17.2 Å². The van der Waals surface area contributed by atoms with Crippen LogP contribution in [0.15, 0.2) is 55.1 Å². The molecular formula is C29H34N6O7. The highest BCUT2D eigenvalue weighted by molar-refractivity contribution is 5.95. The minimum Gasteiger partial charge on any atom is -0.494 e. The SMILES string of the molecule is CCOc1cccc(C(=O)N[C@@H]2[C@H](O)[C@@H](CO)O[C@H]2n2cnc3c(NCCc4ccc(OC)c(OC)c4)ncnc32)c1. The standard InChI is InChI=1S/C29H34N6O7/c1-4-41-19-7-5-6-18(13-19)28(38)34-23-25(37)22(14-36)42-29(23)35-16-33-24-26(31-15-32-27(24)35)30-11-10-17-8-9-20(39-2)21(12-17)40-3/h5-9,12-13,15-16,22-23,25,29,36-37H,4,10-11,14H2,1-3H3,(H,34,38)(H,30,31,32)/t22-,23-,25-,29-/m1/s1. The van der Waals surface area contributed by atoms with E-state index in [4.69, 9.17) is 18.9 Å². The number of rotatable bonds is 12. The fourth-order valence-electron chi connectivity index (χ4n) is 4.95. The maximum Gasteiger partial charge on any atom is 0.251 e. The second-order valence-corrected chi connectivity index (χ2v) is 9.61. The number of fused-ring (bicyclic) bond motifs is 1. The second kappa shape index (κ2) is 13.0. The molecule has 42 heavy (non-hydrogen) atoms. The summed E-state index contributed by atoms with van der Waals surface area (Å²) in [6, 6.07) is 11.6. The average Bonchev–Trinajstić information content (AvgIpc) is 3.58. The smallest absolute Gasteiger partial charge is 0.251 e. The Kier molecular flexibility index (Phi) is 9.00. The molecule has 4 aromatic rings. The number of aliphatic hydroxyl groups is 2. The van der Waals surface area contributed by atoms with E-state index in [1.807, 2.05) is 25.1 Å². The Morgan fingerprint density at radius 1 is 1.10 bits per heavy atom.